The first kappa shape index (κ1) is 9.93. The maximum atomic E-state index is 12.0. The van der Waals surface area contributed by atoms with Gasteiger partial charge in [-0.05, 0) is 12.8 Å². The summed E-state index contributed by atoms with van der Waals surface area (Å²) in [6.45, 7) is 2.82. The molecule has 0 aromatic heterocycles. The van der Waals surface area contributed by atoms with Crippen LogP contribution in [0.2, 0.25) is 0 Å². The Morgan fingerprint density at radius 3 is 2.57 bits per heavy atom. The van der Waals surface area contributed by atoms with Gasteiger partial charge in [-0.3, -0.25) is 4.79 Å². The van der Waals surface area contributed by atoms with Crippen molar-refractivity contribution in [3.8, 4) is 0 Å². The Labute approximate surface area is 84.4 Å². The van der Waals surface area contributed by atoms with Crippen LogP contribution in [0, 0.1) is 5.92 Å². The lowest BCUT2D eigenvalue weighted by Crippen LogP contribution is -2.46. The largest absolute Gasteiger partial charge is 0.378 e. The van der Waals surface area contributed by atoms with E-state index in [1.807, 2.05) is 4.90 Å². The van der Waals surface area contributed by atoms with Crippen LogP contribution < -0.4 is 5.73 Å². The lowest BCUT2D eigenvalue weighted by atomic mass is 10.0. The van der Waals surface area contributed by atoms with Gasteiger partial charge in [-0.1, -0.05) is 6.42 Å². The molecule has 80 valence electrons. The Balaban J connectivity index is 1.92. The highest BCUT2D eigenvalue weighted by molar-refractivity contribution is 5.80. The Kier molecular flexibility index (Phi) is 3.03. The molecule has 2 aliphatic rings. The standard InChI is InChI=1S/C10H18N2O2/c11-9-3-1-2-8(9)10(13)12-4-6-14-7-5-12/h8-9H,1-7,11H2. The van der Waals surface area contributed by atoms with Crippen molar-refractivity contribution < 1.29 is 9.53 Å². The molecule has 1 saturated carbocycles. The third-order valence-electron chi connectivity index (χ3n) is 3.21. The van der Waals surface area contributed by atoms with E-state index in [1.165, 1.54) is 0 Å². The van der Waals surface area contributed by atoms with Crippen molar-refractivity contribution in [1.29, 1.82) is 0 Å². The smallest absolute Gasteiger partial charge is 0.227 e. The van der Waals surface area contributed by atoms with Crippen LogP contribution in [0.3, 0.4) is 0 Å². The molecule has 2 fully saturated rings. The number of rotatable bonds is 1. The first-order valence-corrected chi connectivity index (χ1v) is 5.41. The minimum Gasteiger partial charge on any atom is -0.378 e. The molecule has 4 nitrogen and oxygen atoms in total. The number of hydrogen-bond donors (Lipinski definition) is 1. The summed E-state index contributed by atoms with van der Waals surface area (Å²) in [6, 6.07) is 0.0883. The first-order chi connectivity index (χ1) is 6.79. The number of morpholine rings is 1. The molecule has 4 heteroatoms. The van der Waals surface area contributed by atoms with Crippen LogP contribution in [0.15, 0.2) is 0 Å². The highest BCUT2D eigenvalue weighted by Gasteiger charge is 2.33. The second-order valence-electron chi connectivity index (χ2n) is 4.14. The summed E-state index contributed by atoms with van der Waals surface area (Å²) in [6.07, 6.45) is 3.07. The number of ether oxygens (including phenoxy) is 1. The van der Waals surface area contributed by atoms with Crippen LogP contribution >= 0.6 is 0 Å². The Morgan fingerprint density at radius 1 is 1.29 bits per heavy atom. The van der Waals surface area contributed by atoms with Gasteiger partial charge in [-0.15, -0.1) is 0 Å². The van der Waals surface area contributed by atoms with Crippen molar-refractivity contribution in [1.82, 2.24) is 4.90 Å². The Hall–Kier alpha value is -0.610. The maximum Gasteiger partial charge on any atom is 0.227 e. The monoisotopic (exact) mass is 198 g/mol. The zero-order valence-electron chi connectivity index (χ0n) is 8.45. The molecule has 0 aromatic carbocycles. The Morgan fingerprint density at radius 2 is 2.00 bits per heavy atom. The summed E-state index contributed by atoms with van der Waals surface area (Å²) >= 11 is 0. The van der Waals surface area contributed by atoms with Gasteiger partial charge in [-0.2, -0.15) is 0 Å². The van der Waals surface area contributed by atoms with Gasteiger partial charge < -0.3 is 15.4 Å². The van der Waals surface area contributed by atoms with Gasteiger partial charge >= 0.3 is 0 Å². The second kappa shape index (κ2) is 4.28. The Bertz CT molecular complexity index is 214. The van der Waals surface area contributed by atoms with E-state index in [0.717, 1.165) is 32.4 Å². The quantitative estimate of drug-likeness (QED) is 0.644. The van der Waals surface area contributed by atoms with Crippen LogP contribution in [-0.4, -0.2) is 43.2 Å². The van der Waals surface area contributed by atoms with E-state index in [-0.39, 0.29) is 17.9 Å². The van der Waals surface area contributed by atoms with Crippen molar-refractivity contribution in [2.75, 3.05) is 26.3 Å². The zero-order valence-corrected chi connectivity index (χ0v) is 8.45. The maximum absolute atomic E-state index is 12.0. The number of amides is 1. The third-order valence-corrected chi connectivity index (χ3v) is 3.21. The molecule has 1 aliphatic carbocycles. The van der Waals surface area contributed by atoms with Gasteiger partial charge in [0, 0.05) is 19.1 Å². The molecule has 2 rings (SSSR count). The van der Waals surface area contributed by atoms with Crippen molar-refractivity contribution in [3.63, 3.8) is 0 Å². The predicted molar refractivity (Wildman–Crippen MR) is 52.7 cm³/mol. The average molecular weight is 198 g/mol. The van der Waals surface area contributed by atoms with E-state index in [2.05, 4.69) is 0 Å². The summed E-state index contributed by atoms with van der Waals surface area (Å²) < 4.78 is 5.21. The van der Waals surface area contributed by atoms with E-state index in [1.54, 1.807) is 0 Å². The summed E-state index contributed by atoms with van der Waals surface area (Å²) in [5, 5.41) is 0. The molecule has 2 atom stereocenters. The minimum atomic E-state index is 0.0769. The molecule has 1 saturated heterocycles. The van der Waals surface area contributed by atoms with E-state index >= 15 is 0 Å². The predicted octanol–water partition coefficient (Wildman–Crippen LogP) is -0.0274. The molecular weight excluding hydrogens is 180 g/mol. The van der Waals surface area contributed by atoms with Gasteiger partial charge in [0.1, 0.15) is 0 Å². The molecule has 0 aromatic rings. The summed E-state index contributed by atoms with van der Waals surface area (Å²) in [4.78, 5) is 13.9. The molecule has 1 amide bonds. The van der Waals surface area contributed by atoms with Gasteiger partial charge in [0.15, 0.2) is 0 Å². The summed E-state index contributed by atoms with van der Waals surface area (Å²) in [5.41, 5.74) is 5.91. The second-order valence-corrected chi connectivity index (χ2v) is 4.14. The van der Waals surface area contributed by atoms with Gasteiger partial charge in [0.05, 0.1) is 19.1 Å². The van der Waals surface area contributed by atoms with Gasteiger partial charge in [0.2, 0.25) is 5.91 Å². The van der Waals surface area contributed by atoms with E-state index < -0.39 is 0 Å². The van der Waals surface area contributed by atoms with Crippen LogP contribution in [0.4, 0.5) is 0 Å². The average Bonchev–Trinajstić information content (AvgIpc) is 2.65. The van der Waals surface area contributed by atoms with Crippen LogP contribution in [0.25, 0.3) is 0 Å². The van der Waals surface area contributed by atoms with Gasteiger partial charge in [-0.25, -0.2) is 0 Å². The van der Waals surface area contributed by atoms with Crippen molar-refractivity contribution in [3.05, 3.63) is 0 Å². The normalized spacial score (nSPS) is 33.4. The number of nitrogens with two attached hydrogens (primary N) is 1. The van der Waals surface area contributed by atoms with Crippen molar-refractivity contribution in [2.24, 2.45) is 11.7 Å². The molecule has 0 radical (unpaired) electrons. The van der Waals surface area contributed by atoms with Crippen molar-refractivity contribution in [2.45, 2.75) is 25.3 Å². The van der Waals surface area contributed by atoms with Crippen molar-refractivity contribution >= 4 is 5.91 Å². The zero-order chi connectivity index (χ0) is 9.97. The van der Waals surface area contributed by atoms with Gasteiger partial charge in [0.25, 0.3) is 0 Å². The molecule has 0 bridgehead atoms. The minimum absolute atomic E-state index is 0.0769. The van der Waals surface area contributed by atoms with E-state index in [0.29, 0.717) is 13.2 Å². The fraction of sp³-hybridized carbons (Fsp3) is 0.900. The lowest BCUT2D eigenvalue weighted by molar-refractivity contribution is -0.139. The highest BCUT2D eigenvalue weighted by atomic mass is 16.5. The fourth-order valence-corrected chi connectivity index (χ4v) is 2.31. The summed E-state index contributed by atoms with van der Waals surface area (Å²) in [7, 11) is 0. The summed E-state index contributed by atoms with van der Waals surface area (Å²) in [5.74, 6) is 0.325. The molecule has 2 unspecified atom stereocenters. The lowest BCUT2D eigenvalue weighted by Gasteiger charge is -2.30. The number of carbonyl (C=O) groups excluding carboxylic acids is 1. The van der Waals surface area contributed by atoms with Crippen LogP contribution in [-0.2, 0) is 9.53 Å². The van der Waals surface area contributed by atoms with E-state index in [4.69, 9.17) is 10.5 Å². The molecule has 2 N–H and O–H groups in total. The third kappa shape index (κ3) is 1.91. The first-order valence-electron chi connectivity index (χ1n) is 5.41. The fourth-order valence-electron chi connectivity index (χ4n) is 2.31. The molecule has 0 spiro atoms. The number of nitrogens with zero attached hydrogens (tertiary/aromatic N) is 1. The number of carbonyl (C=O) groups is 1. The van der Waals surface area contributed by atoms with Crippen LogP contribution in [0.5, 0.6) is 0 Å². The molecular formula is C10H18N2O2. The molecule has 1 heterocycles. The van der Waals surface area contributed by atoms with Crippen LogP contribution in [0.1, 0.15) is 19.3 Å². The topological polar surface area (TPSA) is 55.6 Å². The SMILES string of the molecule is NC1CCCC1C(=O)N1CCOCC1. The molecule has 14 heavy (non-hydrogen) atoms. The number of hydrogen-bond acceptors (Lipinski definition) is 3. The highest BCUT2D eigenvalue weighted by Crippen LogP contribution is 2.26. The molecule has 1 aliphatic heterocycles. The van der Waals surface area contributed by atoms with E-state index in [9.17, 15) is 4.79 Å².